The zero-order chi connectivity index (χ0) is 14.7. The highest BCUT2D eigenvalue weighted by molar-refractivity contribution is 6.31. The highest BCUT2D eigenvalue weighted by Crippen LogP contribution is 2.21. The number of aromatic nitrogens is 1. The van der Waals surface area contributed by atoms with Crippen molar-refractivity contribution < 1.29 is 0 Å². The molecular weight excluding hydrogens is 272 g/mol. The van der Waals surface area contributed by atoms with Gasteiger partial charge in [-0.1, -0.05) is 11.6 Å². The molecule has 0 spiro atoms. The van der Waals surface area contributed by atoms with Crippen molar-refractivity contribution in [2.24, 2.45) is 0 Å². The molecule has 0 saturated carbocycles. The number of piperazine rings is 1. The molecule has 5 heteroatoms. The van der Waals surface area contributed by atoms with Crippen molar-refractivity contribution in [3.8, 4) is 0 Å². The number of pyridine rings is 1. The number of likely N-dealkylation sites (N-methyl/N-ethyl adjacent to an activating group) is 1. The van der Waals surface area contributed by atoms with Gasteiger partial charge in [-0.15, -0.1) is 0 Å². The van der Waals surface area contributed by atoms with Crippen LogP contribution in [-0.4, -0.2) is 53.5 Å². The molecule has 2 atom stereocenters. The maximum Gasteiger partial charge on any atom is 0.126 e. The second-order valence-corrected chi connectivity index (χ2v) is 6.12. The fraction of sp³-hybridized carbons (Fsp3) is 0.667. The normalized spacial score (nSPS) is 24.9. The summed E-state index contributed by atoms with van der Waals surface area (Å²) in [5.74, 6) is 0.905. The van der Waals surface area contributed by atoms with E-state index in [4.69, 9.17) is 11.6 Å². The van der Waals surface area contributed by atoms with Crippen LogP contribution >= 0.6 is 11.6 Å². The van der Waals surface area contributed by atoms with Gasteiger partial charge in [0.2, 0.25) is 0 Å². The average Bonchev–Trinajstić information content (AvgIpc) is 2.40. The van der Waals surface area contributed by atoms with Gasteiger partial charge in [-0.3, -0.25) is 9.80 Å². The summed E-state index contributed by atoms with van der Waals surface area (Å²) < 4.78 is 0. The highest BCUT2D eigenvalue weighted by atomic mass is 35.5. The van der Waals surface area contributed by atoms with Crippen molar-refractivity contribution in [3.63, 3.8) is 0 Å². The van der Waals surface area contributed by atoms with Crippen LogP contribution in [0.25, 0.3) is 0 Å². The van der Waals surface area contributed by atoms with E-state index < -0.39 is 0 Å². The van der Waals surface area contributed by atoms with Crippen LogP contribution in [0, 0.1) is 0 Å². The minimum atomic E-state index is 0.564. The predicted octanol–water partition coefficient (Wildman–Crippen LogP) is 2.69. The Balaban J connectivity index is 2.07. The van der Waals surface area contributed by atoms with Crippen molar-refractivity contribution in [3.05, 3.63) is 22.8 Å². The summed E-state index contributed by atoms with van der Waals surface area (Å²) in [7, 11) is 2.20. The molecule has 20 heavy (non-hydrogen) atoms. The van der Waals surface area contributed by atoms with E-state index in [1.807, 2.05) is 12.1 Å². The molecule has 112 valence electrons. The molecule has 1 aliphatic rings. The number of halogens is 1. The van der Waals surface area contributed by atoms with E-state index in [1.165, 1.54) is 0 Å². The zero-order valence-corrected chi connectivity index (χ0v) is 13.6. The molecule has 2 unspecified atom stereocenters. The maximum absolute atomic E-state index is 6.29. The van der Waals surface area contributed by atoms with Crippen LogP contribution in [0.15, 0.2) is 12.1 Å². The Morgan fingerprint density at radius 3 is 2.55 bits per heavy atom. The number of nitrogens with one attached hydrogen (secondary N) is 1. The van der Waals surface area contributed by atoms with Gasteiger partial charge in [-0.25, -0.2) is 4.98 Å². The van der Waals surface area contributed by atoms with E-state index in [2.05, 4.69) is 47.9 Å². The third kappa shape index (κ3) is 3.62. The molecule has 1 aliphatic heterocycles. The van der Waals surface area contributed by atoms with Crippen LogP contribution in [0.3, 0.4) is 0 Å². The van der Waals surface area contributed by atoms with Gasteiger partial charge in [-0.05, 0) is 40.0 Å². The number of nitrogens with zero attached hydrogens (tertiary/aromatic N) is 3. The molecule has 1 aromatic heterocycles. The van der Waals surface area contributed by atoms with Crippen LogP contribution in [0.1, 0.15) is 26.5 Å². The van der Waals surface area contributed by atoms with Crippen LogP contribution in [0.4, 0.5) is 5.82 Å². The fourth-order valence-corrected chi connectivity index (χ4v) is 2.89. The topological polar surface area (TPSA) is 31.4 Å². The molecule has 4 nitrogen and oxygen atoms in total. The zero-order valence-electron chi connectivity index (χ0n) is 12.9. The Kier molecular flexibility index (Phi) is 5.24. The van der Waals surface area contributed by atoms with Gasteiger partial charge < -0.3 is 5.32 Å². The molecule has 1 aromatic rings. The Morgan fingerprint density at radius 2 is 1.95 bits per heavy atom. The Hall–Kier alpha value is -0.840. The molecular formula is C15H25ClN4. The van der Waals surface area contributed by atoms with E-state index in [0.29, 0.717) is 12.1 Å². The molecule has 2 rings (SSSR count). The van der Waals surface area contributed by atoms with Gasteiger partial charge in [0.1, 0.15) is 5.82 Å². The number of hydrogen-bond donors (Lipinski definition) is 1. The van der Waals surface area contributed by atoms with Gasteiger partial charge in [0.25, 0.3) is 0 Å². The second-order valence-electron chi connectivity index (χ2n) is 5.71. The van der Waals surface area contributed by atoms with Crippen LogP contribution in [0.5, 0.6) is 0 Å². The summed E-state index contributed by atoms with van der Waals surface area (Å²) in [4.78, 5) is 9.50. The second kappa shape index (κ2) is 6.74. The van der Waals surface area contributed by atoms with Crippen molar-refractivity contribution in [1.29, 1.82) is 0 Å². The standard InChI is InChI=1S/C15H25ClN4/c1-5-17-15-7-6-13(16)14(18-15)10-20-8-11(2)19(4)12(3)9-20/h6-7,11-12H,5,8-10H2,1-4H3,(H,17,18). The summed E-state index contributed by atoms with van der Waals surface area (Å²) in [5.41, 5.74) is 0.967. The van der Waals surface area contributed by atoms with Gasteiger partial charge >= 0.3 is 0 Å². The lowest BCUT2D eigenvalue weighted by atomic mass is 10.1. The van der Waals surface area contributed by atoms with Crippen LogP contribution < -0.4 is 5.32 Å². The quantitative estimate of drug-likeness (QED) is 0.926. The maximum atomic E-state index is 6.29. The number of rotatable bonds is 4. The first-order chi connectivity index (χ1) is 9.51. The molecule has 2 heterocycles. The first kappa shape index (κ1) is 15.5. The molecule has 0 bridgehead atoms. The van der Waals surface area contributed by atoms with Gasteiger partial charge in [0.15, 0.2) is 0 Å². The summed E-state index contributed by atoms with van der Waals surface area (Å²) in [6.45, 7) is 10.4. The summed E-state index contributed by atoms with van der Waals surface area (Å²) >= 11 is 6.29. The lowest BCUT2D eigenvalue weighted by Gasteiger charge is -2.42. The van der Waals surface area contributed by atoms with E-state index in [-0.39, 0.29) is 0 Å². The Morgan fingerprint density at radius 1 is 1.30 bits per heavy atom. The van der Waals surface area contributed by atoms with Gasteiger partial charge in [0.05, 0.1) is 10.7 Å². The lowest BCUT2D eigenvalue weighted by Crippen LogP contribution is -2.54. The first-order valence-electron chi connectivity index (χ1n) is 7.34. The third-order valence-corrected chi connectivity index (χ3v) is 4.43. The lowest BCUT2D eigenvalue weighted by molar-refractivity contribution is 0.0550. The Bertz CT molecular complexity index is 439. The van der Waals surface area contributed by atoms with E-state index in [0.717, 1.165) is 42.7 Å². The highest BCUT2D eigenvalue weighted by Gasteiger charge is 2.26. The molecule has 0 aromatic carbocycles. The average molecular weight is 297 g/mol. The van der Waals surface area contributed by atoms with Crippen molar-refractivity contribution in [2.75, 3.05) is 32.0 Å². The molecule has 1 saturated heterocycles. The van der Waals surface area contributed by atoms with Crippen molar-refractivity contribution in [2.45, 2.75) is 39.4 Å². The third-order valence-electron chi connectivity index (χ3n) is 4.09. The molecule has 1 fully saturated rings. The minimum Gasteiger partial charge on any atom is -0.370 e. The van der Waals surface area contributed by atoms with Gasteiger partial charge in [-0.2, -0.15) is 0 Å². The van der Waals surface area contributed by atoms with Crippen molar-refractivity contribution in [1.82, 2.24) is 14.8 Å². The summed E-state index contributed by atoms with van der Waals surface area (Å²) in [6, 6.07) is 5.00. The molecule has 0 aliphatic carbocycles. The first-order valence-corrected chi connectivity index (χ1v) is 7.72. The number of hydrogen-bond acceptors (Lipinski definition) is 4. The SMILES string of the molecule is CCNc1ccc(Cl)c(CN2CC(C)N(C)C(C)C2)n1. The van der Waals surface area contributed by atoms with Crippen molar-refractivity contribution >= 4 is 17.4 Å². The predicted molar refractivity (Wildman–Crippen MR) is 85.4 cm³/mol. The molecule has 0 radical (unpaired) electrons. The largest absolute Gasteiger partial charge is 0.370 e. The van der Waals surface area contributed by atoms with Crippen LogP contribution in [-0.2, 0) is 6.54 Å². The smallest absolute Gasteiger partial charge is 0.126 e. The Labute approximate surface area is 127 Å². The van der Waals surface area contributed by atoms with Gasteiger partial charge in [0, 0.05) is 38.3 Å². The van der Waals surface area contributed by atoms with E-state index in [1.54, 1.807) is 0 Å². The summed E-state index contributed by atoms with van der Waals surface area (Å²) in [5, 5.41) is 4.00. The fourth-order valence-electron chi connectivity index (χ4n) is 2.73. The van der Waals surface area contributed by atoms with E-state index >= 15 is 0 Å². The van der Waals surface area contributed by atoms with Crippen LogP contribution in [0.2, 0.25) is 5.02 Å². The summed E-state index contributed by atoms with van der Waals surface area (Å²) in [6.07, 6.45) is 0. The minimum absolute atomic E-state index is 0.564. The number of anilines is 1. The van der Waals surface area contributed by atoms with E-state index in [9.17, 15) is 0 Å². The molecule has 1 N–H and O–H groups in total. The molecule has 0 amide bonds. The monoisotopic (exact) mass is 296 g/mol.